The van der Waals surface area contributed by atoms with E-state index in [2.05, 4.69) is 65.6 Å². The number of halogens is 1. The Kier molecular flexibility index (Phi) is 9.91. The van der Waals surface area contributed by atoms with Crippen molar-refractivity contribution in [3.05, 3.63) is 57.8 Å². The zero-order chi connectivity index (χ0) is 40.1. The molecule has 5 aliphatic rings. The largest absolute Gasteiger partial charge is 0.481 e. The molecule has 0 saturated heterocycles. The maximum absolute atomic E-state index is 14.2. The van der Waals surface area contributed by atoms with Crippen LogP contribution in [0.2, 0.25) is 5.02 Å². The standard InChI is InChI=1S/C46H63ClN2O6/c1-26(2)37-31(50)23-46(24-35-48-49-39(55-35)27(3)28-11-13-29(47)14-12-28)22-21-44(9)30(38(37)46)15-16-33-43(8)19-18-34(54-36(51)25-41(4,5)40(52)53)42(6,7)32(43)17-20-45(33,44)10/h11-14,26-27,30,32-34H,15-25H2,1-10H3,(H,52,53)/t27-,30+,32-,33+,34-,43-,44+,45+,46-/m0/s1. The quantitative estimate of drug-likeness (QED) is 0.250. The third-order valence-electron chi connectivity index (χ3n) is 16.7. The Balaban J connectivity index is 1.16. The molecule has 5 aliphatic carbocycles. The molecule has 0 amide bonds. The van der Waals surface area contributed by atoms with Crippen molar-refractivity contribution in [1.29, 1.82) is 0 Å². The number of carbonyl (C=O) groups is 3. The Morgan fingerprint density at radius 2 is 1.62 bits per heavy atom. The van der Waals surface area contributed by atoms with Crippen LogP contribution in [0.25, 0.3) is 0 Å². The minimum absolute atomic E-state index is 0.0203. The van der Waals surface area contributed by atoms with Gasteiger partial charge in [0.05, 0.1) is 17.8 Å². The molecular formula is C46H63ClN2O6. The first-order valence-corrected chi connectivity index (χ1v) is 21.3. The summed E-state index contributed by atoms with van der Waals surface area (Å²) in [6.45, 7) is 21.9. The number of hydrogen-bond donors (Lipinski definition) is 1. The number of carbonyl (C=O) groups excluding carboxylic acids is 2. The van der Waals surface area contributed by atoms with Crippen molar-refractivity contribution in [1.82, 2.24) is 10.2 Å². The molecule has 0 spiro atoms. The number of benzene rings is 1. The molecule has 1 aromatic heterocycles. The molecule has 2 aromatic rings. The average molecular weight is 775 g/mol. The van der Waals surface area contributed by atoms with Crippen molar-refractivity contribution in [2.24, 2.45) is 56.2 Å². The Morgan fingerprint density at radius 3 is 2.27 bits per heavy atom. The normalized spacial score (nSPS) is 36.1. The lowest BCUT2D eigenvalue weighted by Crippen LogP contribution is -2.65. The highest BCUT2D eigenvalue weighted by Gasteiger charge is 2.70. The van der Waals surface area contributed by atoms with Gasteiger partial charge in [0.1, 0.15) is 6.10 Å². The monoisotopic (exact) mass is 774 g/mol. The van der Waals surface area contributed by atoms with Crippen LogP contribution in [-0.4, -0.2) is 39.1 Å². The smallest absolute Gasteiger partial charge is 0.309 e. The van der Waals surface area contributed by atoms with Gasteiger partial charge in [-0.25, -0.2) is 0 Å². The van der Waals surface area contributed by atoms with E-state index in [1.165, 1.54) is 5.57 Å². The number of esters is 1. The lowest BCUT2D eigenvalue weighted by atomic mass is 9.33. The van der Waals surface area contributed by atoms with Gasteiger partial charge in [0, 0.05) is 28.7 Å². The number of aromatic nitrogens is 2. The molecule has 300 valence electrons. The van der Waals surface area contributed by atoms with Gasteiger partial charge >= 0.3 is 11.9 Å². The lowest BCUT2D eigenvalue weighted by molar-refractivity contribution is -0.233. The van der Waals surface area contributed by atoms with Crippen LogP contribution in [0, 0.1) is 56.2 Å². The Hall–Kier alpha value is -3.00. The van der Waals surface area contributed by atoms with E-state index in [1.807, 2.05) is 24.3 Å². The van der Waals surface area contributed by atoms with Crippen LogP contribution in [0.5, 0.6) is 0 Å². The van der Waals surface area contributed by atoms with Gasteiger partial charge in [-0.3, -0.25) is 14.4 Å². The number of ketones is 1. The van der Waals surface area contributed by atoms with Crippen LogP contribution in [-0.2, 0) is 25.5 Å². The van der Waals surface area contributed by atoms with Crippen LogP contribution in [0.1, 0.15) is 157 Å². The molecule has 9 atom stereocenters. The third kappa shape index (κ3) is 6.25. The first-order chi connectivity index (χ1) is 25.6. The number of Topliss-reactive ketones (excluding diaryl/α,β-unsaturated/α-hetero) is 1. The fraction of sp³-hybridized carbons (Fsp3) is 0.717. The minimum Gasteiger partial charge on any atom is -0.481 e. The van der Waals surface area contributed by atoms with Crippen LogP contribution < -0.4 is 0 Å². The molecule has 0 bridgehead atoms. The highest BCUT2D eigenvalue weighted by molar-refractivity contribution is 6.30. The molecule has 1 aromatic carbocycles. The van der Waals surface area contributed by atoms with Gasteiger partial charge in [0.2, 0.25) is 11.8 Å². The number of ether oxygens (including phenoxy) is 1. The summed E-state index contributed by atoms with van der Waals surface area (Å²) < 4.78 is 12.6. The molecule has 0 unspecified atom stereocenters. The Labute approximate surface area is 333 Å². The van der Waals surface area contributed by atoms with Crippen LogP contribution >= 0.6 is 11.6 Å². The molecular weight excluding hydrogens is 712 g/mol. The van der Waals surface area contributed by atoms with Gasteiger partial charge in [0.15, 0.2) is 5.78 Å². The van der Waals surface area contributed by atoms with E-state index < -0.39 is 17.4 Å². The number of nitrogens with zero attached hydrogens (tertiary/aromatic N) is 2. The fourth-order valence-corrected chi connectivity index (χ4v) is 13.6. The van der Waals surface area contributed by atoms with Crippen molar-refractivity contribution >= 4 is 29.3 Å². The predicted molar refractivity (Wildman–Crippen MR) is 212 cm³/mol. The van der Waals surface area contributed by atoms with Gasteiger partial charge in [-0.15, -0.1) is 10.2 Å². The zero-order valence-electron chi connectivity index (χ0n) is 34.8. The van der Waals surface area contributed by atoms with Crippen molar-refractivity contribution in [2.75, 3.05) is 0 Å². The molecule has 1 N–H and O–H groups in total. The topological polar surface area (TPSA) is 120 Å². The molecule has 0 radical (unpaired) electrons. The van der Waals surface area contributed by atoms with Crippen LogP contribution in [0.15, 0.2) is 39.8 Å². The van der Waals surface area contributed by atoms with Crippen LogP contribution in [0.3, 0.4) is 0 Å². The van der Waals surface area contributed by atoms with E-state index in [9.17, 15) is 19.5 Å². The molecule has 4 saturated carbocycles. The van der Waals surface area contributed by atoms with E-state index in [1.54, 1.807) is 13.8 Å². The molecule has 9 heteroatoms. The highest BCUT2D eigenvalue weighted by atomic mass is 35.5. The first-order valence-electron chi connectivity index (χ1n) is 20.9. The summed E-state index contributed by atoms with van der Waals surface area (Å²) in [5.41, 5.74) is 1.98. The number of fused-ring (bicyclic) bond motifs is 7. The predicted octanol–water partition coefficient (Wildman–Crippen LogP) is 10.8. The maximum Gasteiger partial charge on any atom is 0.309 e. The summed E-state index contributed by atoms with van der Waals surface area (Å²) in [7, 11) is 0. The second-order valence-corrected chi connectivity index (χ2v) is 21.1. The summed E-state index contributed by atoms with van der Waals surface area (Å²) in [5.74, 6) is 1.37. The van der Waals surface area contributed by atoms with Gasteiger partial charge in [-0.2, -0.15) is 0 Å². The number of rotatable bonds is 9. The molecule has 1 heterocycles. The summed E-state index contributed by atoms with van der Waals surface area (Å²) in [6, 6.07) is 7.77. The summed E-state index contributed by atoms with van der Waals surface area (Å²) in [6.07, 6.45) is 8.83. The van der Waals surface area contributed by atoms with Gasteiger partial charge < -0.3 is 14.3 Å². The average Bonchev–Trinajstić information content (AvgIpc) is 3.67. The number of allylic oxidation sites excluding steroid dienone is 2. The zero-order valence-corrected chi connectivity index (χ0v) is 35.6. The van der Waals surface area contributed by atoms with Crippen molar-refractivity contribution in [3.63, 3.8) is 0 Å². The Bertz CT molecular complexity index is 1890. The van der Waals surface area contributed by atoms with Crippen LogP contribution in [0.4, 0.5) is 0 Å². The van der Waals surface area contributed by atoms with Crippen molar-refractivity contribution in [3.8, 4) is 0 Å². The van der Waals surface area contributed by atoms with E-state index >= 15 is 0 Å². The minimum atomic E-state index is -1.16. The van der Waals surface area contributed by atoms with E-state index in [0.717, 1.165) is 62.5 Å². The summed E-state index contributed by atoms with van der Waals surface area (Å²) in [4.78, 5) is 39.1. The fourth-order valence-electron chi connectivity index (χ4n) is 13.5. The number of hydrogen-bond acceptors (Lipinski definition) is 7. The molecule has 4 fully saturated rings. The first kappa shape index (κ1) is 40.2. The van der Waals surface area contributed by atoms with Gasteiger partial charge in [-0.05, 0) is 135 Å². The highest BCUT2D eigenvalue weighted by Crippen LogP contribution is 2.77. The summed E-state index contributed by atoms with van der Waals surface area (Å²) >= 11 is 6.16. The van der Waals surface area contributed by atoms with Gasteiger partial charge in [-0.1, -0.05) is 77.8 Å². The number of carboxylic acid groups (broad SMARTS) is 1. The second-order valence-electron chi connectivity index (χ2n) is 20.7. The second kappa shape index (κ2) is 13.6. The Morgan fingerprint density at radius 1 is 0.927 bits per heavy atom. The third-order valence-corrected chi connectivity index (χ3v) is 16.9. The van der Waals surface area contributed by atoms with Crippen molar-refractivity contribution < 1.29 is 28.6 Å². The molecule has 55 heavy (non-hydrogen) atoms. The number of aliphatic carboxylic acids is 1. The van der Waals surface area contributed by atoms with E-state index in [-0.39, 0.29) is 51.4 Å². The summed E-state index contributed by atoms with van der Waals surface area (Å²) in [5, 5.41) is 19.5. The van der Waals surface area contributed by atoms with E-state index in [4.69, 9.17) is 20.8 Å². The number of carboxylic acids is 1. The molecule has 0 aliphatic heterocycles. The molecule has 8 nitrogen and oxygen atoms in total. The van der Waals surface area contributed by atoms with Gasteiger partial charge in [0.25, 0.3) is 0 Å². The lowest BCUT2D eigenvalue weighted by Gasteiger charge is -2.72. The maximum atomic E-state index is 14.2. The molecule has 7 rings (SSSR count). The van der Waals surface area contributed by atoms with E-state index in [0.29, 0.717) is 53.2 Å². The SMILES string of the molecule is CC(C)C1=C2[C@H]3CC[C@@H]4[C@@]5(C)CC[C@H](OC(=O)CC(C)(C)C(=O)O)C(C)(C)[C@@H]5CC[C@@]4(C)[C@]3(C)CC[C@@]2(Cc2nnc([C@@H](C)c3ccc(Cl)cc3)o2)CC1=O. The van der Waals surface area contributed by atoms with Crippen molar-refractivity contribution in [2.45, 2.75) is 152 Å².